The predicted molar refractivity (Wildman–Crippen MR) is 132 cm³/mol. The number of piperazine rings is 1. The van der Waals surface area contributed by atoms with Crippen LogP contribution in [0.1, 0.15) is 54.4 Å². The van der Waals surface area contributed by atoms with Crippen molar-refractivity contribution in [1.29, 1.82) is 0 Å². The maximum Gasteiger partial charge on any atom is 0.433 e. The molecule has 0 unspecified atom stereocenters. The summed E-state index contributed by atoms with van der Waals surface area (Å²) in [5.74, 6) is 0.404. The fourth-order valence-electron chi connectivity index (χ4n) is 4.53. The summed E-state index contributed by atoms with van der Waals surface area (Å²) in [6, 6.07) is 6.07. The van der Waals surface area contributed by atoms with Crippen LogP contribution in [0.5, 0.6) is 0 Å². The van der Waals surface area contributed by atoms with Crippen molar-refractivity contribution in [2.75, 3.05) is 29.4 Å². The molecule has 0 bridgehead atoms. The number of halogens is 4. The second kappa shape index (κ2) is 9.85. The van der Waals surface area contributed by atoms with Crippen LogP contribution >= 0.6 is 0 Å². The lowest BCUT2D eigenvalue weighted by molar-refractivity contribution is -0.144. The number of alkyl halides is 3. The van der Waals surface area contributed by atoms with Crippen molar-refractivity contribution in [2.24, 2.45) is 0 Å². The van der Waals surface area contributed by atoms with Gasteiger partial charge in [0.15, 0.2) is 11.5 Å². The average Bonchev–Trinajstić information content (AvgIpc) is 2.82. The molecule has 37 heavy (non-hydrogen) atoms. The molecule has 1 aromatic carbocycles. The van der Waals surface area contributed by atoms with Gasteiger partial charge in [-0.3, -0.25) is 0 Å². The Balaban J connectivity index is 1.54. The molecule has 1 aliphatic rings. The van der Waals surface area contributed by atoms with Crippen LogP contribution in [0.4, 0.5) is 29.3 Å². The third-order valence-electron chi connectivity index (χ3n) is 6.77. The van der Waals surface area contributed by atoms with Crippen molar-refractivity contribution in [3.05, 3.63) is 69.9 Å². The van der Waals surface area contributed by atoms with Crippen molar-refractivity contribution in [3.63, 3.8) is 0 Å². The maximum atomic E-state index is 13.7. The third kappa shape index (κ3) is 5.66. The molecule has 1 N–H and O–H groups in total. The Morgan fingerprint density at radius 2 is 1.70 bits per heavy atom. The summed E-state index contributed by atoms with van der Waals surface area (Å²) in [5, 5.41) is 19.1. The topological polar surface area (TPSA) is 78.3 Å². The lowest BCUT2D eigenvalue weighted by Crippen LogP contribution is -2.53. The monoisotopic (exact) mass is 518 g/mol. The van der Waals surface area contributed by atoms with Gasteiger partial charge < -0.3 is 14.9 Å². The highest BCUT2D eigenvalue weighted by Crippen LogP contribution is 2.36. The van der Waals surface area contributed by atoms with E-state index in [0.29, 0.717) is 26.1 Å². The Bertz CT molecular complexity index is 1270. The minimum absolute atomic E-state index is 0.0268. The van der Waals surface area contributed by atoms with Crippen molar-refractivity contribution in [3.8, 4) is 0 Å². The summed E-state index contributed by atoms with van der Waals surface area (Å²) in [7, 11) is 0. The van der Waals surface area contributed by atoms with Gasteiger partial charge in [-0.2, -0.15) is 18.3 Å². The fourth-order valence-corrected chi connectivity index (χ4v) is 4.53. The largest absolute Gasteiger partial charge is 0.433 e. The van der Waals surface area contributed by atoms with Gasteiger partial charge in [-0.05, 0) is 63.4 Å². The van der Waals surface area contributed by atoms with Gasteiger partial charge in [0.05, 0.1) is 11.3 Å². The van der Waals surface area contributed by atoms with E-state index in [9.17, 15) is 22.7 Å². The smallest absolute Gasteiger partial charge is 0.386 e. The van der Waals surface area contributed by atoms with Gasteiger partial charge in [0, 0.05) is 43.9 Å². The molecule has 1 aliphatic heterocycles. The van der Waals surface area contributed by atoms with Gasteiger partial charge in [-0.15, -0.1) is 5.10 Å². The Labute approximate surface area is 213 Å². The first-order valence-corrected chi connectivity index (χ1v) is 12.0. The molecule has 1 atom stereocenters. The first kappa shape index (κ1) is 26.7. The van der Waals surface area contributed by atoms with E-state index in [1.54, 1.807) is 17.0 Å². The highest BCUT2D eigenvalue weighted by molar-refractivity contribution is 5.52. The number of benzene rings is 1. The molecule has 1 fully saturated rings. The van der Waals surface area contributed by atoms with E-state index in [0.717, 1.165) is 34.4 Å². The summed E-state index contributed by atoms with van der Waals surface area (Å²) in [4.78, 5) is 11.8. The summed E-state index contributed by atoms with van der Waals surface area (Å²) in [5.41, 5.74) is 0.472. The van der Waals surface area contributed by atoms with E-state index < -0.39 is 17.5 Å². The predicted octanol–water partition coefficient (Wildman–Crippen LogP) is 4.57. The molecule has 7 nitrogen and oxygen atoms in total. The van der Waals surface area contributed by atoms with Crippen LogP contribution in [0.25, 0.3) is 0 Å². The Morgan fingerprint density at radius 3 is 2.30 bits per heavy atom. The van der Waals surface area contributed by atoms with E-state index in [2.05, 4.69) is 25.1 Å². The number of rotatable bonds is 5. The molecule has 0 spiro atoms. The molecule has 198 valence electrons. The lowest BCUT2D eigenvalue weighted by Gasteiger charge is -2.41. The van der Waals surface area contributed by atoms with Crippen LogP contribution in [0, 0.1) is 19.7 Å². The summed E-state index contributed by atoms with van der Waals surface area (Å²) < 4.78 is 54.4. The highest BCUT2D eigenvalue weighted by atomic mass is 19.4. The first-order valence-electron chi connectivity index (χ1n) is 12.0. The zero-order chi connectivity index (χ0) is 27.1. The number of aromatic nitrogens is 4. The van der Waals surface area contributed by atoms with Crippen LogP contribution in [-0.4, -0.2) is 50.9 Å². The van der Waals surface area contributed by atoms with Crippen LogP contribution in [0.2, 0.25) is 0 Å². The summed E-state index contributed by atoms with van der Waals surface area (Å²) in [6.07, 6.45) is -3.13. The van der Waals surface area contributed by atoms with Crippen LogP contribution in [-0.2, 0) is 18.2 Å². The van der Waals surface area contributed by atoms with Gasteiger partial charge in [0.2, 0.25) is 5.95 Å². The summed E-state index contributed by atoms with van der Waals surface area (Å²) in [6.45, 7) is 9.76. The molecule has 0 aliphatic carbocycles. The maximum absolute atomic E-state index is 13.7. The second-order valence-corrected chi connectivity index (χ2v) is 10.0. The molecule has 3 heterocycles. The highest BCUT2D eigenvalue weighted by Gasteiger charge is 2.41. The van der Waals surface area contributed by atoms with Crippen LogP contribution < -0.4 is 9.80 Å². The minimum atomic E-state index is -4.72. The Morgan fingerprint density at radius 1 is 1.03 bits per heavy atom. The molecule has 4 rings (SSSR count). The average molecular weight is 519 g/mol. The quantitative estimate of drug-likeness (QED) is 0.496. The van der Waals surface area contributed by atoms with Gasteiger partial charge in [-0.1, -0.05) is 12.1 Å². The van der Waals surface area contributed by atoms with E-state index in [4.69, 9.17) is 0 Å². The van der Waals surface area contributed by atoms with Crippen LogP contribution in [0.15, 0.2) is 30.5 Å². The van der Waals surface area contributed by atoms with Gasteiger partial charge in [0.1, 0.15) is 5.82 Å². The number of aliphatic hydroxyl groups is 1. The SMILES string of the molecule is Cc1c(Cc2ccc(F)cc2)nnc(N2CCN(c3ncc(C(C)(C)O)c(C(F)(F)F)n3)[C@H](C)C2)c1C. The van der Waals surface area contributed by atoms with Gasteiger partial charge >= 0.3 is 6.18 Å². The molecule has 3 aromatic rings. The Hall–Kier alpha value is -3.34. The molecule has 0 radical (unpaired) electrons. The van der Waals surface area contributed by atoms with E-state index in [-0.39, 0.29) is 23.4 Å². The lowest BCUT2D eigenvalue weighted by atomic mass is 9.98. The molecular formula is C26H30F4N6O. The molecule has 11 heteroatoms. The molecular weight excluding hydrogens is 488 g/mol. The van der Waals surface area contributed by atoms with E-state index >= 15 is 0 Å². The second-order valence-electron chi connectivity index (χ2n) is 10.0. The van der Waals surface area contributed by atoms with E-state index in [1.165, 1.54) is 26.0 Å². The molecule has 0 amide bonds. The standard InChI is InChI=1S/C26H30F4N6O/c1-15-14-35(23-17(3)16(2)21(33-34-23)12-18-6-8-19(27)9-7-18)10-11-36(15)24-31-13-20(25(4,5)37)22(32-24)26(28,29)30/h6-9,13,15,37H,10-12,14H2,1-5H3/t15-/m1/s1. The number of nitrogens with zero attached hydrogens (tertiary/aromatic N) is 6. The zero-order valence-electron chi connectivity index (χ0n) is 21.4. The van der Waals surface area contributed by atoms with Gasteiger partial charge in [0.25, 0.3) is 0 Å². The van der Waals surface area contributed by atoms with E-state index in [1.807, 2.05) is 20.8 Å². The normalized spacial score (nSPS) is 16.9. The van der Waals surface area contributed by atoms with Crippen LogP contribution in [0.3, 0.4) is 0 Å². The van der Waals surface area contributed by atoms with Crippen molar-refractivity contribution < 1.29 is 22.7 Å². The third-order valence-corrected chi connectivity index (χ3v) is 6.77. The minimum Gasteiger partial charge on any atom is -0.386 e. The number of hydrogen-bond donors (Lipinski definition) is 1. The van der Waals surface area contributed by atoms with Crippen molar-refractivity contribution in [2.45, 2.75) is 58.9 Å². The van der Waals surface area contributed by atoms with Crippen molar-refractivity contribution in [1.82, 2.24) is 20.2 Å². The first-order chi connectivity index (χ1) is 17.3. The molecule has 1 saturated heterocycles. The summed E-state index contributed by atoms with van der Waals surface area (Å²) >= 11 is 0. The molecule has 2 aromatic heterocycles. The van der Waals surface area contributed by atoms with Gasteiger partial charge in [-0.25, -0.2) is 14.4 Å². The molecule has 0 saturated carbocycles. The zero-order valence-corrected chi connectivity index (χ0v) is 21.4. The number of anilines is 2. The number of hydrogen-bond acceptors (Lipinski definition) is 7. The Kier molecular flexibility index (Phi) is 7.11. The fraction of sp³-hybridized carbons (Fsp3) is 0.462. The van der Waals surface area contributed by atoms with Crippen molar-refractivity contribution >= 4 is 11.8 Å².